The number of epoxide rings is 1. The standard InChI is InChI=1S/C14H28O5Si/c1-4-17-20(18-5-2,19-6-3)11-9-7-8-10-15-12-14-13-16-14/h7,9,14H,4-6,8,10-13H2,1-3H3/b9-7+. The Bertz CT molecular complexity index is 251. The summed E-state index contributed by atoms with van der Waals surface area (Å²) >= 11 is 0. The van der Waals surface area contributed by atoms with Gasteiger partial charge in [-0.15, -0.1) is 0 Å². The van der Waals surface area contributed by atoms with Crippen LogP contribution in [0.5, 0.6) is 0 Å². The number of hydrogen-bond donors (Lipinski definition) is 0. The van der Waals surface area contributed by atoms with Gasteiger partial charge in [0.1, 0.15) is 6.10 Å². The van der Waals surface area contributed by atoms with Gasteiger partial charge in [-0.05, 0) is 27.2 Å². The van der Waals surface area contributed by atoms with E-state index < -0.39 is 8.80 Å². The molecular formula is C14H28O5Si. The van der Waals surface area contributed by atoms with Crippen molar-refractivity contribution < 1.29 is 22.8 Å². The van der Waals surface area contributed by atoms with Crippen molar-refractivity contribution in [1.29, 1.82) is 0 Å². The molecule has 0 N–H and O–H groups in total. The molecule has 6 heteroatoms. The minimum absolute atomic E-state index is 0.341. The highest BCUT2D eigenvalue weighted by Gasteiger charge is 2.38. The van der Waals surface area contributed by atoms with E-state index in [4.69, 9.17) is 22.8 Å². The zero-order valence-electron chi connectivity index (χ0n) is 12.9. The van der Waals surface area contributed by atoms with Gasteiger partial charge in [-0.25, -0.2) is 0 Å². The van der Waals surface area contributed by atoms with Crippen molar-refractivity contribution in [3.8, 4) is 0 Å². The van der Waals surface area contributed by atoms with Crippen LogP contribution in [0.4, 0.5) is 0 Å². The van der Waals surface area contributed by atoms with Crippen molar-refractivity contribution >= 4 is 8.80 Å². The van der Waals surface area contributed by atoms with E-state index in [2.05, 4.69) is 12.2 Å². The molecule has 0 aromatic rings. The Kier molecular flexibility index (Phi) is 9.33. The van der Waals surface area contributed by atoms with E-state index in [-0.39, 0.29) is 0 Å². The molecule has 118 valence electrons. The molecule has 1 aliphatic rings. The summed E-state index contributed by atoms with van der Waals surface area (Å²) in [6, 6.07) is 0.717. The van der Waals surface area contributed by atoms with Crippen molar-refractivity contribution in [2.75, 3.05) is 39.6 Å². The van der Waals surface area contributed by atoms with E-state index in [1.807, 2.05) is 20.8 Å². The largest absolute Gasteiger partial charge is 0.504 e. The Labute approximate surface area is 123 Å². The minimum atomic E-state index is -2.52. The van der Waals surface area contributed by atoms with Crippen LogP contribution in [0.3, 0.4) is 0 Å². The number of ether oxygens (including phenoxy) is 2. The van der Waals surface area contributed by atoms with Gasteiger partial charge in [-0.3, -0.25) is 0 Å². The maximum Gasteiger partial charge on any atom is 0.504 e. The molecule has 5 nitrogen and oxygen atoms in total. The smallest absolute Gasteiger partial charge is 0.378 e. The van der Waals surface area contributed by atoms with Gasteiger partial charge in [-0.1, -0.05) is 12.2 Å². The molecule has 20 heavy (non-hydrogen) atoms. The van der Waals surface area contributed by atoms with Crippen LogP contribution in [0, 0.1) is 0 Å². The van der Waals surface area contributed by atoms with Crippen LogP contribution in [-0.4, -0.2) is 54.5 Å². The maximum atomic E-state index is 5.77. The highest BCUT2D eigenvalue weighted by atomic mass is 28.4. The quantitative estimate of drug-likeness (QED) is 0.226. The normalized spacial score (nSPS) is 18.9. The first kappa shape index (κ1) is 17.8. The molecule has 0 saturated carbocycles. The van der Waals surface area contributed by atoms with Crippen molar-refractivity contribution in [1.82, 2.24) is 0 Å². The third-order valence-electron chi connectivity index (χ3n) is 2.76. The van der Waals surface area contributed by atoms with Crippen molar-refractivity contribution in [3.05, 3.63) is 12.2 Å². The Morgan fingerprint density at radius 3 is 2.15 bits per heavy atom. The highest BCUT2D eigenvalue weighted by Crippen LogP contribution is 2.16. The lowest BCUT2D eigenvalue weighted by atomic mass is 10.4. The van der Waals surface area contributed by atoms with Crippen LogP contribution >= 0.6 is 0 Å². The highest BCUT2D eigenvalue weighted by molar-refractivity contribution is 6.61. The molecule has 0 amide bonds. The average molecular weight is 304 g/mol. The second-order valence-electron chi connectivity index (χ2n) is 4.48. The molecule has 1 atom stereocenters. The predicted molar refractivity (Wildman–Crippen MR) is 79.8 cm³/mol. The van der Waals surface area contributed by atoms with E-state index in [9.17, 15) is 0 Å². The summed E-state index contributed by atoms with van der Waals surface area (Å²) in [5.74, 6) is 0. The molecule has 0 bridgehead atoms. The fourth-order valence-electron chi connectivity index (χ4n) is 1.84. The van der Waals surface area contributed by atoms with Crippen LogP contribution in [0.15, 0.2) is 12.2 Å². The lowest BCUT2D eigenvalue weighted by Crippen LogP contribution is -2.45. The molecule has 1 saturated heterocycles. The van der Waals surface area contributed by atoms with Crippen LogP contribution in [-0.2, 0) is 22.8 Å². The van der Waals surface area contributed by atoms with E-state index >= 15 is 0 Å². The predicted octanol–water partition coefficient (Wildman–Crippen LogP) is 2.40. The van der Waals surface area contributed by atoms with Crippen molar-refractivity contribution in [3.63, 3.8) is 0 Å². The summed E-state index contributed by atoms with van der Waals surface area (Å²) in [7, 11) is -2.52. The van der Waals surface area contributed by atoms with Crippen LogP contribution < -0.4 is 0 Å². The Hall–Kier alpha value is -0.243. The molecule has 0 spiro atoms. The van der Waals surface area contributed by atoms with E-state index in [1.54, 1.807) is 0 Å². The minimum Gasteiger partial charge on any atom is -0.378 e. The van der Waals surface area contributed by atoms with Crippen molar-refractivity contribution in [2.45, 2.75) is 39.3 Å². The molecule has 1 rings (SSSR count). The molecule has 0 radical (unpaired) electrons. The summed E-state index contributed by atoms with van der Waals surface area (Å²) in [6.07, 6.45) is 5.42. The topological polar surface area (TPSA) is 49.5 Å². The molecule has 0 aromatic heterocycles. The van der Waals surface area contributed by atoms with E-state index in [1.165, 1.54) is 0 Å². The van der Waals surface area contributed by atoms with Gasteiger partial charge >= 0.3 is 8.80 Å². The summed E-state index contributed by atoms with van der Waals surface area (Å²) in [5, 5.41) is 0. The summed E-state index contributed by atoms with van der Waals surface area (Å²) in [6.45, 7) is 10.0. The van der Waals surface area contributed by atoms with Gasteiger partial charge in [0.25, 0.3) is 0 Å². The summed E-state index contributed by atoms with van der Waals surface area (Å²) < 4.78 is 27.9. The molecule has 1 heterocycles. The Morgan fingerprint density at radius 1 is 1.05 bits per heavy atom. The van der Waals surface area contributed by atoms with Gasteiger partial charge in [0.15, 0.2) is 0 Å². The van der Waals surface area contributed by atoms with Crippen LogP contribution in [0.2, 0.25) is 6.04 Å². The lowest BCUT2D eigenvalue weighted by Gasteiger charge is -2.27. The Morgan fingerprint density at radius 2 is 1.65 bits per heavy atom. The zero-order chi connectivity index (χ0) is 14.7. The van der Waals surface area contributed by atoms with Crippen molar-refractivity contribution in [2.24, 2.45) is 0 Å². The van der Waals surface area contributed by atoms with Gasteiger partial charge in [0, 0.05) is 25.9 Å². The van der Waals surface area contributed by atoms with Gasteiger partial charge in [-0.2, -0.15) is 0 Å². The van der Waals surface area contributed by atoms with Gasteiger partial charge < -0.3 is 22.8 Å². The van der Waals surface area contributed by atoms with E-state index in [0.29, 0.717) is 38.6 Å². The number of rotatable bonds is 13. The number of allylic oxidation sites excluding steroid dienone is 1. The maximum absolute atomic E-state index is 5.77. The fourth-order valence-corrected chi connectivity index (χ4v) is 4.22. The fraction of sp³-hybridized carbons (Fsp3) is 0.857. The second-order valence-corrected chi connectivity index (χ2v) is 7.12. The zero-order valence-corrected chi connectivity index (χ0v) is 13.9. The van der Waals surface area contributed by atoms with Gasteiger partial charge in [0.05, 0.1) is 19.8 Å². The molecule has 0 aromatic carbocycles. The third-order valence-corrected chi connectivity index (χ3v) is 5.68. The third kappa shape index (κ3) is 7.52. The van der Waals surface area contributed by atoms with Gasteiger partial charge in [0.2, 0.25) is 0 Å². The molecular weight excluding hydrogens is 276 g/mol. The second kappa shape index (κ2) is 10.5. The molecule has 0 aliphatic carbocycles. The lowest BCUT2D eigenvalue weighted by molar-refractivity contribution is 0.0742. The summed E-state index contributed by atoms with van der Waals surface area (Å²) in [4.78, 5) is 0. The molecule has 1 fully saturated rings. The van der Waals surface area contributed by atoms with E-state index in [0.717, 1.165) is 19.6 Å². The monoisotopic (exact) mass is 304 g/mol. The molecule has 1 aliphatic heterocycles. The SMILES string of the molecule is CCO[Si](C/C=C/CCOCC1CO1)(OCC)OCC. The first-order chi connectivity index (χ1) is 9.76. The Balaban J connectivity index is 2.23. The van der Waals surface area contributed by atoms with Crippen LogP contribution in [0.25, 0.3) is 0 Å². The molecule has 1 unspecified atom stereocenters. The first-order valence-electron chi connectivity index (χ1n) is 7.52. The van der Waals surface area contributed by atoms with Crippen LogP contribution in [0.1, 0.15) is 27.2 Å². The number of hydrogen-bond acceptors (Lipinski definition) is 5. The summed E-state index contributed by atoms with van der Waals surface area (Å²) in [5.41, 5.74) is 0. The first-order valence-corrected chi connectivity index (χ1v) is 9.45. The average Bonchev–Trinajstić information content (AvgIpc) is 3.23.